The van der Waals surface area contributed by atoms with E-state index in [1.165, 1.54) is 0 Å². The van der Waals surface area contributed by atoms with Crippen LogP contribution in [-0.4, -0.2) is 39.1 Å². The summed E-state index contributed by atoms with van der Waals surface area (Å²) in [4.78, 5) is 26.1. The Labute approximate surface area is 196 Å². The van der Waals surface area contributed by atoms with Gasteiger partial charge in [-0.1, -0.05) is 36.7 Å². The van der Waals surface area contributed by atoms with Crippen molar-refractivity contribution in [3.63, 3.8) is 0 Å². The predicted molar refractivity (Wildman–Crippen MR) is 125 cm³/mol. The summed E-state index contributed by atoms with van der Waals surface area (Å²) in [5.74, 6) is -0.692. The fraction of sp³-hybridized carbons (Fsp3) is 0.364. The average Bonchev–Trinajstić information content (AvgIpc) is 3.15. The van der Waals surface area contributed by atoms with Gasteiger partial charge >= 0.3 is 0 Å². The summed E-state index contributed by atoms with van der Waals surface area (Å²) >= 11 is 9.45. The normalized spacial score (nSPS) is 13.2. The molecule has 0 saturated carbocycles. The second-order valence-corrected chi connectivity index (χ2v) is 10.7. The Hall–Kier alpha value is -1.90. The van der Waals surface area contributed by atoms with Crippen LogP contribution in [0.2, 0.25) is 5.02 Å². The number of fused-ring (bicyclic) bond motifs is 1. The zero-order chi connectivity index (χ0) is 22.6. The summed E-state index contributed by atoms with van der Waals surface area (Å²) in [6, 6.07) is 10.7. The van der Waals surface area contributed by atoms with Crippen LogP contribution in [0.25, 0.3) is 0 Å². The van der Waals surface area contributed by atoms with Gasteiger partial charge < -0.3 is 10.2 Å². The van der Waals surface area contributed by atoms with Crippen LogP contribution in [0.15, 0.2) is 45.8 Å². The number of sulfone groups is 1. The minimum Gasteiger partial charge on any atom is -0.356 e. The van der Waals surface area contributed by atoms with Crippen LogP contribution in [0.3, 0.4) is 0 Å². The Balaban J connectivity index is 1.62. The monoisotopic (exact) mass is 526 g/mol. The molecule has 1 aliphatic heterocycles. The van der Waals surface area contributed by atoms with E-state index in [0.29, 0.717) is 47.5 Å². The van der Waals surface area contributed by atoms with Crippen molar-refractivity contribution in [3.8, 4) is 0 Å². The maximum atomic E-state index is 12.9. The van der Waals surface area contributed by atoms with Gasteiger partial charge in [-0.15, -0.1) is 0 Å². The van der Waals surface area contributed by atoms with Gasteiger partial charge in [-0.3, -0.25) is 9.59 Å². The van der Waals surface area contributed by atoms with Crippen molar-refractivity contribution >= 4 is 54.9 Å². The van der Waals surface area contributed by atoms with Crippen LogP contribution in [0.4, 0.5) is 5.69 Å². The number of anilines is 1. The molecule has 1 aliphatic rings. The van der Waals surface area contributed by atoms with Gasteiger partial charge in [0.05, 0.1) is 10.6 Å². The molecule has 0 radical (unpaired) electrons. The van der Waals surface area contributed by atoms with Crippen molar-refractivity contribution in [2.24, 2.45) is 0 Å². The number of hydrogen-bond acceptors (Lipinski definition) is 4. The highest BCUT2D eigenvalue weighted by atomic mass is 79.9. The summed E-state index contributed by atoms with van der Waals surface area (Å²) in [6.45, 7) is 2.70. The molecular weight excluding hydrogens is 504 g/mol. The molecule has 2 amide bonds. The van der Waals surface area contributed by atoms with Crippen molar-refractivity contribution in [2.45, 2.75) is 37.5 Å². The molecule has 31 heavy (non-hydrogen) atoms. The maximum absolute atomic E-state index is 12.9. The third-order valence-electron chi connectivity index (χ3n) is 5.24. The molecular formula is C22H24BrClN2O4S. The van der Waals surface area contributed by atoms with Crippen molar-refractivity contribution in [3.05, 3.63) is 57.0 Å². The van der Waals surface area contributed by atoms with Gasteiger partial charge in [0.15, 0.2) is 9.84 Å². The summed E-state index contributed by atoms with van der Waals surface area (Å²) in [6.07, 6.45) is 1.46. The fourth-order valence-electron chi connectivity index (χ4n) is 3.54. The zero-order valence-corrected chi connectivity index (χ0v) is 20.3. The highest BCUT2D eigenvalue weighted by Gasteiger charge is 2.28. The summed E-state index contributed by atoms with van der Waals surface area (Å²) < 4.78 is 26.3. The molecule has 0 aliphatic carbocycles. The first-order chi connectivity index (χ1) is 14.7. The van der Waals surface area contributed by atoms with E-state index in [9.17, 15) is 18.0 Å². The van der Waals surface area contributed by atoms with Crippen molar-refractivity contribution in [1.29, 1.82) is 0 Å². The molecule has 1 heterocycles. The van der Waals surface area contributed by atoms with E-state index in [0.717, 1.165) is 11.1 Å². The number of amides is 2. The summed E-state index contributed by atoms with van der Waals surface area (Å²) in [5, 5.41) is 3.38. The van der Waals surface area contributed by atoms with E-state index in [1.54, 1.807) is 30.0 Å². The van der Waals surface area contributed by atoms with E-state index >= 15 is 0 Å². The van der Waals surface area contributed by atoms with Crippen LogP contribution in [0.5, 0.6) is 0 Å². The quantitative estimate of drug-likeness (QED) is 0.564. The SMILES string of the molecule is CCC(=O)N1CCc2cc(Br)c(S(=O)(=O)CCC(=O)NCCc3ccccc3Cl)cc21. The molecule has 2 aromatic carbocycles. The van der Waals surface area contributed by atoms with Crippen molar-refractivity contribution in [2.75, 3.05) is 23.7 Å². The minimum absolute atomic E-state index is 0.0395. The number of nitrogens with one attached hydrogen (secondary N) is 1. The lowest BCUT2D eigenvalue weighted by atomic mass is 10.1. The van der Waals surface area contributed by atoms with Crippen LogP contribution in [0.1, 0.15) is 30.9 Å². The van der Waals surface area contributed by atoms with Gasteiger partial charge in [0, 0.05) is 41.1 Å². The van der Waals surface area contributed by atoms with Crippen LogP contribution in [0, 0.1) is 0 Å². The zero-order valence-electron chi connectivity index (χ0n) is 17.2. The lowest BCUT2D eigenvalue weighted by Gasteiger charge is -2.18. The lowest BCUT2D eigenvalue weighted by Crippen LogP contribution is -2.28. The lowest BCUT2D eigenvalue weighted by molar-refractivity contribution is -0.120. The summed E-state index contributed by atoms with van der Waals surface area (Å²) in [7, 11) is -3.71. The molecule has 0 unspecified atom stereocenters. The minimum atomic E-state index is -3.71. The van der Waals surface area contributed by atoms with Crippen LogP contribution >= 0.6 is 27.5 Å². The van der Waals surface area contributed by atoms with Gasteiger partial charge in [-0.2, -0.15) is 0 Å². The molecule has 0 aromatic heterocycles. The molecule has 0 fully saturated rings. The average molecular weight is 528 g/mol. The second kappa shape index (κ2) is 10.1. The standard InChI is InChI=1S/C22H24BrClN2O4S/c1-2-22(28)26-11-8-16-13-17(23)20(14-19(16)26)31(29,30)12-9-21(27)25-10-7-15-5-3-4-6-18(15)24/h3-6,13-14H,2,7-12H2,1H3,(H,25,27). The van der Waals surface area contributed by atoms with Gasteiger partial charge in [-0.05, 0) is 58.1 Å². The Morgan fingerprint density at radius 3 is 2.68 bits per heavy atom. The number of hydrogen-bond donors (Lipinski definition) is 1. The molecule has 0 spiro atoms. The summed E-state index contributed by atoms with van der Waals surface area (Å²) in [5.41, 5.74) is 2.49. The molecule has 0 saturated heterocycles. The largest absolute Gasteiger partial charge is 0.356 e. The van der Waals surface area contributed by atoms with E-state index in [1.807, 2.05) is 18.2 Å². The van der Waals surface area contributed by atoms with E-state index < -0.39 is 9.84 Å². The number of rotatable bonds is 8. The number of carbonyl (C=O) groups excluding carboxylic acids is 2. The number of carbonyl (C=O) groups is 2. The fourth-order valence-corrected chi connectivity index (χ4v) is 6.22. The Kier molecular flexibility index (Phi) is 7.78. The van der Waals surface area contributed by atoms with Gasteiger partial charge in [0.1, 0.15) is 0 Å². The molecule has 166 valence electrons. The van der Waals surface area contributed by atoms with Gasteiger partial charge in [0.25, 0.3) is 0 Å². The van der Waals surface area contributed by atoms with Crippen LogP contribution < -0.4 is 10.2 Å². The topological polar surface area (TPSA) is 83.6 Å². The molecule has 0 bridgehead atoms. The Morgan fingerprint density at radius 1 is 1.23 bits per heavy atom. The molecule has 9 heteroatoms. The van der Waals surface area contributed by atoms with Crippen LogP contribution in [-0.2, 0) is 32.3 Å². The highest BCUT2D eigenvalue weighted by molar-refractivity contribution is 9.10. The Morgan fingerprint density at radius 2 is 1.97 bits per heavy atom. The maximum Gasteiger partial charge on any atom is 0.226 e. The Bertz CT molecular complexity index is 1100. The molecule has 3 rings (SSSR count). The first kappa shape index (κ1) is 23.8. The predicted octanol–water partition coefficient (Wildman–Crippen LogP) is 3.92. The molecule has 2 aromatic rings. The number of benzene rings is 2. The van der Waals surface area contributed by atoms with E-state index in [2.05, 4.69) is 21.2 Å². The third-order valence-corrected chi connectivity index (χ3v) is 8.28. The third kappa shape index (κ3) is 5.67. The van der Waals surface area contributed by atoms with E-state index in [-0.39, 0.29) is 28.9 Å². The van der Waals surface area contributed by atoms with Crippen molar-refractivity contribution < 1.29 is 18.0 Å². The highest BCUT2D eigenvalue weighted by Crippen LogP contribution is 2.36. The first-order valence-electron chi connectivity index (χ1n) is 10.1. The van der Waals surface area contributed by atoms with Crippen molar-refractivity contribution in [1.82, 2.24) is 5.32 Å². The number of nitrogens with zero attached hydrogens (tertiary/aromatic N) is 1. The number of halogens is 2. The smallest absolute Gasteiger partial charge is 0.226 e. The first-order valence-corrected chi connectivity index (χ1v) is 12.9. The second-order valence-electron chi connectivity index (χ2n) is 7.32. The van der Waals surface area contributed by atoms with Gasteiger partial charge in [-0.25, -0.2) is 8.42 Å². The van der Waals surface area contributed by atoms with E-state index in [4.69, 9.17) is 11.6 Å². The van der Waals surface area contributed by atoms with Gasteiger partial charge in [0.2, 0.25) is 11.8 Å². The molecule has 1 N–H and O–H groups in total. The molecule has 0 atom stereocenters. The molecule has 6 nitrogen and oxygen atoms in total.